The zero-order valence-corrected chi connectivity index (χ0v) is 25.5. The molecule has 1 N–H and O–H groups in total. The molecular weight excluding hydrogens is 587 g/mol. The summed E-state index contributed by atoms with van der Waals surface area (Å²) in [6.07, 6.45) is 4.91. The first-order valence-electron chi connectivity index (χ1n) is 14.3. The van der Waals surface area contributed by atoms with Crippen LogP contribution in [0.25, 0.3) is 0 Å². The lowest BCUT2D eigenvalue weighted by molar-refractivity contribution is -0.200. The first-order valence-corrected chi connectivity index (χ1v) is 15.1. The third kappa shape index (κ3) is 4.37. The number of likely N-dealkylation sites (tertiary alicyclic amines) is 1. The average molecular weight is 622 g/mol. The number of piperidine rings is 1. The van der Waals surface area contributed by atoms with Gasteiger partial charge in [-0.1, -0.05) is 35.3 Å². The third-order valence-electron chi connectivity index (χ3n) is 10.2. The number of amides is 1. The number of benzene rings is 2. The molecule has 2 bridgehead atoms. The summed E-state index contributed by atoms with van der Waals surface area (Å²) in [5.41, 5.74) is 1.24. The Labute approximate surface area is 256 Å². The lowest BCUT2D eigenvalue weighted by Gasteiger charge is -2.64. The number of carbonyl (C=O) groups excluding carboxylic acids is 2. The van der Waals surface area contributed by atoms with Gasteiger partial charge in [-0.15, -0.1) is 12.4 Å². The van der Waals surface area contributed by atoms with Crippen molar-refractivity contribution in [2.24, 2.45) is 5.92 Å². The smallest absolute Gasteiger partial charge is 0.308 e. The molecule has 0 radical (unpaired) electrons. The molecule has 2 aromatic rings. The van der Waals surface area contributed by atoms with E-state index in [-0.39, 0.29) is 36.8 Å². The molecule has 1 saturated heterocycles. The lowest BCUT2D eigenvalue weighted by atomic mass is 9.48. The second-order valence-corrected chi connectivity index (χ2v) is 13.2. The van der Waals surface area contributed by atoms with Crippen LogP contribution < -0.4 is 9.47 Å². The Morgan fingerprint density at radius 3 is 2.63 bits per heavy atom. The Hall–Kier alpha value is -2.03. The van der Waals surface area contributed by atoms with Gasteiger partial charge in [0.15, 0.2) is 11.5 Å². The number of esters is 1. The molecule has 5 aliphatic rings. The Morgan fingerprint density at radius 2 is 1.93 bits per heavy atom. The Morgan fingerprint density at radius 1 is 1.15 bits per heavy atom. The van der Waals surface area contributed by atoms with Gasteiger partial charge in [0.2, 0.25) is 5.91 Å². The van der Waals surface area contributed by atoms with Crippen molar-refractivity contribution < 1.29 is 24.2 Å². The first kappa shape index (κ1) is 29.1. The highest BCUT2D eigenvalue weighted by Crippen LogP contribution is 2.66. The van der Waals surface area contributed by atoms with Crippen molar-refractivity contribution in [2.45, 2.75) is 81.1 Å². The minimum atomic E-state index is -0.998. The predicted molar refractivity (Wildman–Crippen MR) is 158 cm³/mol. The van der Waals surface area contributed by atoms with Gasteiger partial charge in [0.1, 0.15) is 6.10 Å². The zero-order valence-electron chi connectivity index (χ0n) is 23.2. The van der Waals surface area contributed by atoms with Crippen LogP contribution in [-0.4, -0.2) is 70.7 Å². The van der Waals surface area contributed by atoms with E-state index < -0.39 is 23.1 Å². The van der Waals surface area contributed by atoms with Crippen LogP contribution in [0.4, 0.5) is 0 Å². The van der Waals surface area contributed by atoms with Gasteiger partial charge >= 0.3 is 5.97 Å². The van der Waals surface area contributed by atoms with Gasteiger partial charge in [0.25, 0.3) is 0 Å². The van der Waals surface area contributed by atoms with E-state index in [1.165, 1.54) is 19.8 Å². The van der Waals surface area contributed by atoms with Crippen LogP contribution in [0.2, 0.25) is 10.0 Å². The average Bonchev–Trinajstić information content (AvgIpc) is 3.65. The highest BCUT2D eigenvalue weighted by atomic mass is 35.5. The van der Waals surface area contributed by atoms with E-state index in [0.717, 1.165) is 48.5 Å². The van der Waals surface area contributed by atoms with Gasteiger partial charge < -0.3 is 19.5 Å². The second-order valence-electron chi connectivity index (χ2n) is 12.4. The zero-order chi connectivity index (χ0) is 28.0. The summed E-state index contributed by atoms with van der Waals surface area (Å²) in [7, 11) is 1.83. The van der Waals surface area contributed by atoms with Crippen molar-refractivity contribution in [1.82, 2.24) is 9.80 Å². The van der Waals surface area contributed by atoms with E-state index in [9.17, 15) is 14.7 Å². The number of aliphatic hydroxyl groups is 1. The first-order chi connectivity index (χ1) is 19.1. The molecule has 2 aromatic carbocycles. The molecule has 5 atom stereocenters. The third-order valence-corrected chi connectivity index (χ3v) is 10.9. The molecule has 2 saturated carbocycles. The fourth-order valence-corrected chi connectivity index (χ4v) is 8.53. The minimum Gasteiger partial charge on any atom is -0.483 e. The SMILES string of the molecule is CC(=O)Oc1ccc2c3c1O[C@H]1[C@@H](N(C)C(=O)Cc4ccc(Cl)c(Cl)c4)CC[C@@]4(O)[C@@H](C2)N(CC2CC2)CC[C@]314.Cl. The molecule has 7 nitrogen and oxygen atoms in total. The van der Waals surface area contributed by atoms with Crippen LogP contribution in [0, 0.1) is 5.92 Å². The molecule has 2 aliphatic heterocycles. The van der Waals surface area contributed by atoms with Gasteiger partial charge in [-0.25, -0.2) is 0 Å². The van der Waals surface area contributed by atoms with Crippen molar-refractivity contribution in [3.63, 3.8) is 0 Å². The minimum absolute atomic E-state index is 0. The van der Waals surface area contributed by atoms with E-state index >= 15 is 0 Å². The fourth-order valence-electron chi connectivity index (χ4n) is 8.21. The molecule has 1 spiro atoms. The molecule has 3 fully saturated rings. The van der Waals surface area contributed by atoms with Crippen molar-refractivity contribution in [3.8, 4) is 11.5 Å². The molecule has 7 rings (SSSR count). The quantitative estimate of drug-likeness (QED) is 0.362. The molecular formula is C31H35Cl3N2O5. The summed E-state index contributed by atoms with van der Waals surface area (Å²) in [5.74, 6) is 1.20. The topological polar surface area (TPSA) is 79.3 Å². The number of hydrogen-bond acceptors (Lipinski definition) is 6. The van der Waals surface area contributed by atoms with E-state index in [2.05, 4.69) is 4.90 Å². The molecule has 0 aromatic heterocycles. The van der Waals surface area contributed by atoms with Crippen LogP contribution in [0.3, 0.4) is 0 Å². The van der Waals surface area contributed by atoms with Gasteiger partial charge in [-0.2, -0.15) is 0 Å². The number of hydrogen-bond donors (Lipinski definition) is 1. The van der Waals surface area contributed by atoms with E-state index in [0.29, 0.717) is 34.4 Å². The maximum absolute atomic E-state index is 13.6. The predicted octanol–water partition coefficient (Wildman–Crippen LogP) is 4.97. The van der Waals surface area contributed by atoms with Crippen molar-refractivity contribution in [3.05, 3.63) is 57.1 Å². The van der Waals surface area contributed by atoms with Crippen LogP contribution in [0.15, 0.2) is 30.3 Å². The molecule has 10 heteroatoms. The molecule has 0 unspecified atom stereocenters. The summed E-state index contributed by atoms with van der Waals surface area (Å²) in [6, 6.07) is 8.86. The highest BCUT2D eigenvalue weighted by molar-refractivity contribution is 6.42. The Balaban J connectivity index is 0.00000302. The summed E-state index contributed by atoms with van der Waals surface area (Å²) < 4.78 is 12.4. The molecule has 220 valence electrons. The fraction of sp³-hybridized carbons (Fsp3) is 0.548. The molecule has 1 amide bonds. The summed E-state index contributed by atoms with van der Waals surface area (Å²) in [4.78, 5) is 29.9. The number of ether oxygens (including phenoxy) is 2. The Bertz CT molecular complexity index is 1420. The maximum Gasteiger partial charge on any atom is 0.308 e. The number of halogens is 3. The highest BCUT2D eigenvalue weighted by Gasteiger charge is 2.73. The van der Waals surface area contributed by atoms with E-state index in [1.54, 1.807) is 17.0 Å². The lowest BCUT2D eigenvalue weighted by Crippen LogP contribution is -2.78. The number of rotatable bonds is 6. The summed E-state index contributed by atoms with van der Waals surface area (Å²) in [6.45, 7) is 3.27. The van der Waals surface area contributed by atoms with Gasteiger partial charge in [-0.05, 0) is 80.3 Å². The van der Waals surface area contributed by atoms with E-state index in [4.69, 9.17) is 32.7 Å². The van der Waals surface area contributed by atoms with Crippen LogP contribution in [0.1, 0.15) is 55.7 Å². The number of nitrogens with zero attached hydrogens (tertiary/aromatic N) is 2. The maximum atomic E-state index is 13.6. The van der Waals surface area contributed by atoms with Crippen molar-refractivity contribution in [1.29, 1.82) is 0 Å². The standard InChI is InChI=1S/C31H34Cl2N2O5.ClH/c1-17(36)39-24-8-6-20-15-25-31(38)10-9-23(34(2)26(37)14-19-5-7-21(32)22(33)13-19)29-30(31,27(20)28(24)40-29)11-12-35(25)16-18-3-4-18;/h5-8,13,18,23,25,29,38H,3-4,9-12,14-16H2,1-2H3;1H/t23-,25+,29-,30-,31+;/m0./s1. The summed E-state index contributed by atoms with van der Waals surface area (Å²) >= 11 is 12.3. The van der Waals surface area contributed by atoms with Crippen LogP contribution >= 0.6 is 35.6 Å². The van der Waals surface area contributed by atoms with Gasteiger partial charge in [0, 0.05) is 32.1 Å². The van der Waals surface area contributed by atoms with Gasteiger partial charge in [-0.3, -0.25) is 14.5 Å². The van der Waals surface area contributed by atoms with E-state index in [1.807, 2.05) is 25.2 Å². The molecule has 41 heavy (non-hydrogen) atoms. The van der Waals surface area contributed by atoms with Gasteiger partial charge in [0.05, 0.1) is 33.5 Å². The summed E-state index contributed by atoms with van der Waals surface area (Å²) in [5, 5.41) is 13.6. The normalized spacial score (nSPS) is 31.0. The van der Waals surface area contributed by atoms with Crippen LogP contribution in [-0.2, 0) is 27.8 Å². The largest absolute Gasteiger partial charge is 0.483 e. The Kier molecular flexibility index (Phi) is 7.30. The van der Waals surface area contributed by atoms with Crippen molar-refractivity contribution >= 4 is 47.5 Å². The van der Waals surface area contributed by atoms with Crippen LogP contribution in [0.5, 0.6) is 11.5 Å². The number of carbonyl (C=O) groups is 2. The monoisotopic (exact) mass is 620 g/mol. The molecule has 3 aliphatic carbocycles. The number of likely N-dealkylation sites (N-methyl/N-ethyl adjacent to an activating group) is 1. The second kappa shape index (κ2) is 10.3. The van der Waals surface area contributed by atoms with Crippen molar-refractivity contribution in [2.75, 3.05) is 20.1 Å². The molecule has 2 heterocycles.